The molecule has 1 unspecified atom stereocenters. The van der Waals surface area contributed by atoms with Gasteiger partial charge in [-0.15, -0.1) is 0 Å². The monoisotopic (exact) mass is 738 g/mol. The molecule has 3 aliphatic heterocycles. The molecule has 3 heterocycles. The molecule has 0 aromatic carbocycles. The van der Waals surface area contributed by atoms with Gasteiger partial charge in [-0.1, -0.05) is 13.8 Å². The molecule has 14 nitrogen and oxygen atoms in total. The molecule has 0 radical (unpaired) electrons. The normalized spacial score (nSPS) is 52.0. The van der Waals surface area contributed by atoms with Gasteiger partial charge < -0.3 is 53.6 Å². The van der Waals surface area contributed by atoms with E-state index in [0.717, 1.165) is 44.9 Å². The van der Waals surface area contributed by atoms with Crippen molar-refractivity contribution < 1.29 is 68.0 Å². The molecule has 2 bridgehead atoms. The Hall–Kier alpha value is -1.75. The van der Waals surface area contributed by atoms with Crippen LogP contribution in [0, 0.1) is 39.9 Å². The first-order chi connectivity index (χ1) is 24.7. The number of ether oxygens (including phenoxy) is 7. The molecule has 4 saturated carbocycles. The topological polar surface area (TPSA) is 197 Å². The number of hydrogen-bond acceptors (Lipinski definition) is 14. The second-order valence-electron chi connectivity index (χ2n) is 17.3. The molecule has 14 heteroatoms. The van der Waals surface area contributed by atoms with E-state index in [9.17, 15) is 34.8 Å². The van der Waals surface area contributed by atoms with E-state index in [-0.39, 0.29) is 47.4 Å². The van der Waals surface area contributed by atoms with Crippen LogP contribution in [0.25, 0.3) is 0 Å². The lowest BCUT2D eigenvalue weighted by Crippen LogP contribution is -2.67. The third-order valence-electron chi connectivity index (χ3n) is 14.7. The van der Waals surface area contributed by atoms with E-state index in [0.29, 0.717) is 25.2 Å². The predicted molar refractivity (Wildman–Crippen MR) is 179 cm³/mol. The molecule has 1 spiro atoms. The van der Waals surface area contributed by atoms with Gasteiger partial charge in [-0.2, -0.15) is 0 Å². The van der Waals surface area contributed by atoms with Crippen LogP contribution in [0.2, 0.25) is 0 Å². The van der Waals surface area contributed by atoms with Crippen molar-refractivity contribution in [2.75, 3.05) is 20.3 Å². The van der Waals surface area contributed by atoms with Crippen LogP contribution in [-0.4, -0.2) is 126 Å². The number of methoxy groups -OCH3 is 1. The summed E-state index contributed by atoms with van der Waals surface area (Å²) < 4.78 is 41.9. The lowest BCUT2D eigenvalue weighted by atomic mass is 9.36. The molecule has 7 aliphatic rings. The van der Waals surface area contributed by atoms with Gasteiger partial charge in [-0.3, -0.25) is 14.4 Å². The molecule has 4 N–H and O–H groups in total. The van der Waals surface area contributed by atoms with Crippen molar-refractivity contribution in [1.29, 1.82) is 0 Å². The van der Waals surface area contributed by atoms with Crippen LogP contribution in [0.5, 0.6) is 0 Å². The zero-order valence-electron chi connectivity index (χ0n) is 31.0. The standard InChI is InChI=1S/C38H58O14/c1-18-32(52-34-31(44)30(43)29(42)25(16-39)51-34)24(46-5)15-28(48-18)50-23-8-10-36(3)22(33(23)49-19(2)40)7-13-38-12-6-21(20-14-27(41)47-17-20)37(4,35(38)45)11-9-26(36)38/h18,20-26,28-34,39,42-44H,6-17H2,1-5H3/t18-,20?,21+,22-,23-,24+,25+,26+,28-,29+,30-,31+,32-,33+,34-,36-,37+,38-/m0/s1. The SMILES string of the molecule is CO[C@@H]1C[C@H](O[C@H]2CC[C@@]3(C)[C@@H](CC[C@@]45CC[C@H](C6COC(=O)C6)[C@@](C)(CC[C@@H]43)C5=O)[C@H]2OC(C)=O)O[C@@H](C)[C@@H]1O[C@@H]1O[C@H](CO)[C@@H](O)[C@H](O)[C@H]1O. The number of ketones is 1. The summed E-state index contributed by atoms with van der Waals surface area (Å²) >= 11 is 0. The molecule has 52 heavy (non-hydrogen) atoms. The van der Waals surface area contributed by atoms with Crippen LogP contribution in [0.15, 0.2) is 0 Å². The van der Waals surface area contributed by atoms with Crippen molar-refractivity contribution in [1.82, 2.24) is 0 Å². The van der Waals surface area contributed by atoms with Gasteiger partial charge in [0.15, 0.2) is 12.6 Å². The third-order valence-corrected chi connectivity index (χ3v) is 14.7. The van der Waals surface area contributed by atoms with Crippen molar-refractivity contribution in [2.45, 2.75) is 159 Å². The Morgan fingerprint density at radius 3 is 2.27 bits per heavy atom. The number of rotatable bonds is 8. The number of fused-ring (bicyclic) bond motifs is 3. The van der Waals surface area contributed by atoms with Crippen molar-refractivity contribution >= 4 is 17.7 Å². The summed E-state index contributed by atoms with van der Waals surface area (Å²) in [5.41, 5.74) is -1.13. The van der Waals surface area contributed by atoms with E-state index in [1.165, 1.54) is 14.0 Å². The molecular weight excluding hydrogens is 680 g/mol. The van der Waals surface area contributed by atoms with Crippen molar-refractivity contribution in [3.05, 3.63) is 0 Å². The van der Waals surface area contributed by atoms with Gasteiger partial charge >= 0.3 is 11.9 Å². The molecule has 294 valence electrons. The van der Waals surface area contributed by atoms with Crippen LogP contribution in [0.4, 0.5) is 0 Å². The first-order valence-electron chi connectivity index (χ1n) is 19.3. The summed E-state index contributed by atoms with van der Waals surface area (Å²) in [6.07, 6.45) is -3.76. The molecule has 18 atom stereocenters. The van der Waals surface area contributed by atoms with Crippen LogP contribution >= 0.6 is 0 Å². The van der Waals surface area contributed by atoms with Gasteiger partial charge in [0.05, 0.1) is 37.9 Å². The average Bonchev–Trinajstić information content (AvgIpc) is 3.53. The number of aliphatic hydroxyl groups excluding tert-OH is 4. The Labute approximate surface area is 305 Å². The smallest absolute Gasteiger partial charge is 0.306 e. The fourth-order valence-electron chi connectivity index (χ4n) is 12.2. The largest absolute Gasteiger partial charge is 0.465 e. The van der Waals surface area contributed by atoms with Gasteiger partial charge in [0.1, 0.15) is 42.4 Å². The predicted octanol–water partition coefficient (Wildman–Crippen LogP) is 1.79. The zero-order chi connectivity index (χ0) is 37.3. The van der Waals surface area contributed by atoms with E-state index >= 15 is 0 Å². The second-order valence-corrected chi connectivity index (χ2v) is 17.3. The quantitative estimate of drug-likeness (QED) is 0.208. The Balaban J connectivity index is 1.05. The molecule has 7 fully saturated rings. The Morgan fingerprint density at radius 2 is 1.62 bits per heavy atom. The number of Topliss-reactive ketones (excluding diaryl/α,β-unsaturated/α-hetero) is 1. The maximum Gasteiger partial charge on any atom is 0.306 e. The van der Waals surface area contributed by atoms with Crippen LogP contribution in [-0.2, 0) is 47.5 Å². The van der Waals surface area contributed by atoms with Crippen molar-refractivity contribution in [3.8, 4) is 0 Å². The van der Waals surface area contributed by atoms with E-state index in [1.807, 2.05) is 0 Å². The van der Waals surface area contributed by atoms with E-state index in [1.54, 1.807) is 6.92 Å². The summed E-state index contributed by atoms with van der Waals surface area (Å²) in [4.78, 5) is 39.4. The molecule has 0 amide bonds. The van der Waals surface area contributed by atoms with E-state index in [2.05, 4.69) is 13.8 Å². The van der Waals surface area contributed by atoms with Crippen LogP contribution in [0.3, 0.4) is 0 Å². The highest BCUT2D eigenvalue weighted by Gasteiger charge is 2.69. The van der Waals surface area contributed by atoms with Crippen LogP contribution < -0.4 is 0 Å². The van der Waals surface area contributed by atoms with E-state index < -0.39 is 85.0 Å². The summed E-state index contributed by atoms with van der Waals surface area (Å²) in [7, 11) is 1.53. The minimum Gasteiger partial charge on any atom is -0.465 e. The fourth-order valence-corrected chi connectivity index (χ4v) is 12.2. The first kappa shape index (κ1) is 38.5. The molecule has 3 saturated heterocycles. The summed E-state index contributed by atoms with van der Waals surface area (Å²) in [5, 5.41) is 40.6. The highest BCUT2D eigenvalue weighted by molar-refractivity contribution is 5.92. The van der Waals surface area contributed by atoms with Gasteiger partial charge in [-0.05, 0) is 75.5 Å². The Kier molecular flexibility index (Phi) is 10.7. The number of hydrogen-bond donors (Lipinski definition) is 4. The maximum absolute atomic E-state index is 14.7. The maximum atomic E-state index is 14.7. The number of cyclic esters (lactones) is 1. The lowest BCUT2D eigenvalue weighted by Gasteiger charge is -2.67. The lowest BCUT2D eigenvalue weighted by molar-refractivity contribution is -0.347. The molecule has 4 aliphatic carbocycles. The van der Waals surface area contributed by atoms with E-state index in [4.69, 9.17) is 33.2 Å². The minimum absolute atomic E-state index is 0.0111. The Morgan fingerprint density at radius 1 is 0.885 bits per heavy atom. The molecule has 0 aromatic heterocycles. The summed E-state index contributed by atoms with van der Waals surface area (Å²) in [5.74, 6) is 0.214. The third kappa shape index (κ3) is 6.25. The van der Waals surface area contributed by atoms with Crippen LogP contribution in [0.1, 0.15) is 91.9 Å². The molecule has 7 rings (SSSR count). The minimum atomic E-state index is -1.58. The molecule has 0 aromatic rings. The van der Waals surface area contributed by atoms with Gasteiger partial charge in [-0.25, -0.2) is 0 Å². The summed E-state index contributed by atoms with van der Waals surface area (Å²) in [6.45, 7) is 7.46. The van der Waals surface area contributed by atoms with Gasteiger partial charge in [0.25, 0.3) is 0 Å². The average molecular weight is 739 g/mol. The summed E-state index contributed by atoms with van der Waals surface area (Å²) in [6, 6.07) is 0. The van der Waals surface area contributed by atoms with Gasteiger partial charge in [0.2, 0.25) is 0 Å². The zero-order valence-corrected chi connectivity index (χ0v) is 31.0. The fraction of sp³-hybridized carbons (Fsp3) is 0.921. The number of carbonyl (C=O) groups excluding carboxylic acids is 3. The number of aliphatic hydroxyl groups is 4. The Bertz CT molecular complexity index is 1360. The second kappa shape index (κ2) is 14.4. The number of carbonyl (C=O) groups is 3. The number of esters is 2. The highest BCUT2D eigenvalue weighted by Crippen LogP contribution is 2.70. The van der Waals surface area contributed by atoms with Crippen molar-refractivity contribution in [3.63, 3.8) is 0 Å². The first-order valence-corrected chi connectivity index (χ1v) is 19.3. The highest BCUT2D eigenvalue weighted by atomic mass is 16.7. The van der Waals surface area contributed by atoms with Gasteiger partial charge in [0, 0.05) is 43.1 Å². The molecular formula is C38H58O14. The van der Waals surface area contributed by atoms with Crippen molar-refractivity contribution in [2.24, 2.45) is 39.9 Å².